The number of hydrogen-bond donors (Lipinski definition) is 2. The monoisotopic (exact) mass is 244 g/mol. The van der Waals surface area contributed by atoms with Crippen LogP contribution in [0.3, 0.4) is 0 Å². The Morgan fingerprint density at radius 1 is 1.56 bits per heavy atom. The fraction of sp³-hybridized carbons (Fsp3) is 0.300. The molecule has 16 heavy (non-hydrogen) atoms. The van der Waals surface area contributed by atoms with Crippen LogP contribution < -0.4 is 11.1 Å². The maximum atomic E-state index is 13.0. The van der Waals surface area contributed by atoms with Crippen LogP contribution >= 0.6 is 0 Å². The lowest BCUT2D eigenvalue weighted by Crippen LogP contribution is -2.33. The van der Waals surface area contributed by atoms with Gasteiger partial charge in [0.2, 0.25) is 5.91 Å². The van der Waals surface area contributed by atoms with Gasteiger partial charge in [-0.15, -0.1) is 0 Å². The lowest BCUT2D eigenvalue weighted by molar-refractivity contribution is -0.119. The van der Waals surface area contributed by atoms with Crippen molar-refractivity contribution in [1.29, 1.82) is 0 Å². The molecule has 0 heterocycles. The molecule has 0 aliphatic carbocycles. The van der Waals surface area contributed by atoms with Crippen LogP contribution in [0.5, 0.6) is 0 Å². The zero-order chi connectivity index (χ0) is 12.3. The highest BCUT2D eigenvalue weighted by Gasteiger charge is 2.22. The van der Waals surface area contributed by atoms with Crippen molar-refractivity contribution in [3.63, 3.8) is 0 Å². The molecule has 0 radical (unpaired) electrons. The van der Waals surface area contributed by atoms with E-state index in [1.165, 1.54) is 26.1 Å². The van der Waals surface area contributed by atoms with Gasteiger partial charge < -0.3 is 11.1 Å². The number of nitrogens with one attached hydrogen (secondary N) is 1. The number of carbonyl (C=O) groups is 1. The Balaban J connectivity index is 3.05. The van der Waals surface area contributed by atoms with Gasteiger partial charge in [-0.05, 0) is 25.1 Å². The largest absolute Gasteiger partial charge is 0.398 e. The fourth-order valence-corrected chi connectivity index (χ4v) is 2.40. The normalized spacial score (nSPS) is 14.2. The maximum Gasteiger partial charge on any atom is 0.235 e. The number of hydrogen-bond acceptors (Lipinski definition) is 3. The third-order valence-electron chi connectivity index (χ3n) is 2.13. The molecule has 0 fully saturated rings. The molecule has 2 unspecified atom stereocenters. The molecule has 2 atom stereocenters. The molecule has 6 heteroatoms. The minimum atomic E-state index is -1.66. The molecule has 1 amide bonds. The second-order valence-corrected chi connectivity index (χ2v) is 4.98. The lowest BCUT2D eigenvalue weighted by Gasteiger charge is -2.11. The second kappa shape index (κ2) is 5.07. The average molecular weight is 244 g/mol. The molecule has 0 aliphatic rings. The Kier molecular flexibility index (Phi) is 4.00. The first-order valence-electron chi connectivity index (χ1n) is 4.64. The minimum absolute atomic E-state index is 0.149. The van der Waals surface area contributed by atoms with Gasteiger partial charge in [-0.25, -0.2) is 4.39 Å². The predicted octanol–water partition coefficient (Wildman–Crippen LogP) is 0.650. The summed E-state index contributed by atoms with van der Waals surface area (Å²) in [6, 6.07) is 3.60. The molecular formula is C10H13FN2O2S. The van der Waals surface area contributed by atoms with Crippen molar-refractivity contribution >= 4 is 22.4 Å². The van der Waals surface area contributed by atoms with Crippen LogP contribution in [0.25, 0.3) is 0 Å². The molecular weight excluding hydrogens is 231 g/mol. The fourth-order valence-electron chi connectivity index (χ4n) is 1.17. The summed E-state index contributed by atoms with van der Waals surface area (Å²) in [5, 5.41) is 1.61. The lowest BCUT2D eigenvalue weighted by atomic mass is 10.3. The molecule has 1 rings (SSSR count). The molecule has 0 spiro atoms. The Morgan fingerprint density at radius 3 is 2.75 bits per heavy atom. The number of carbonyl (C=O) groups excluding carboxylic acids is 1. The Hall–Kier alpha value is -1.43. The molecule has 3 N–H and O–H groups in total. The number of nitrogen functional groups attached to an aromatic ring is 1. The van der Waals surface area contributed by atoms with Crippen LogP contribution in [0.2, 0.25) is 0 Å². The van der Waals surface area contributed by atoms with E-state index in [2.05, 4.69) is 5.32 Å². The zero-order valence-corrected chi connectivity index (χ0v) is 9.81. The van der Waals surface area contributed by atoms with E-state index in [9.17, 15) is 13.4 Å². The highest BCUT2D eigenvalue weighted by molar-refractivity contribution is 7.86. The molecule has 0 bridgehead atoms. The summed E-state index contributed by atoms with van der Waals surface area (Å²) in [7, 11) is -0.208. The zero-order valence-electron chi connectivity index (χ0n) is 8.99. The summed E-state index contributed by atoms with van der Waals surface area (Å²) < 4.78 is 24.9. The Morgan fingerprint density at radius 2 is 2.19 bits per heavy atom. The molecule has 1 aromatic carbocycles. The summed E-state index contributed by atoms with van der Waals surface area (Å²) in [5.74, 6) is -0.899. The van der Waals surface area contributed by atoms with E-state index in [-0.39, 0.29) is 16.5 Å². The first kappa shape index (κ1) is 12.6. The van der Waals surface area contributed by atoms with E-state index in [0.717, 1.165) is 6.07 Å². The van der Waals surface area contributed by atoms with Crippen LogP contribution in [-0.4, -0.2) is 22.4 Å². The van der Waals surface area contributed by atoms with Gasteiger partial charge in [0.25, 0.3) is 0 Å². The molecule has 88 valence electrons. The molecule has 0 aliphatic heterocycles. The number of rotatable bonds is 3. The third-order valence-corrected chi connectivity index (χ3v) is 3.77. The van der Waals surface area contributed by atoms with Crippen molar-refractivity contribution in [3.8, 4) is 0 Å². The Bertz CT molecular complexity index is 437. The van der Waals surface area contributed by atoms with E-state index in [1.54, 1.807) is 0 Å². The van der Waals surface area contributed by atoms with Crippen molar-refractivity contribution in [2.24, 2.45) is 0 Å². The van der Waals surface area contributed by atoms with Crippen LogP contribution in [0.1, 0.15) is 6.92 Å². The van der Waals surface area contributed by atoms with Gasteiger partial charge in [0.05, 0.1) is 15.7 Å². The minimum Gasteiger partial charge on any atom is -0.398 e. The van der Waals surface area contributed by atoms with Gasteiger partial charge in [0.1, 0.15) is 11.1 Å². The molecule has 4 nitrogen and oxygen atoms in total. The van der Waals surface area contributed by atoms with E-state index < -0.39 is 21.9 Å². The molecule has 0 aromatic heterocycles. The molecule has 0 saturated heterocycles. The number of halogens is 1. The smallest absolute Gasteiger partial charge is 0.235 e. The van der Waals surface area contributed by atoms with E-state index in [1.807, 2.05) is 0 Å². The maximum absolute atomic E-state index is 13.0. The average Bonchev–Trinajstić information content (AvgIpc) is 2.29. The summed E-state index contributed by atoms with van der Waals surface area (Å²) in [4.78, 5) is 11.4. The Labute approximate surface area is 95.5 Å². The third kappa shape index (κ3) is 2.57. The van der Waals surface area contributed by atoms with Crippen molar-refractivity contribution in [3.05, 3.63) is 24.0 Å². The highest BCUT2D eigenvalue weighted by Crippen LogP contribution is 2.20. The number of benzene rings is 1. The van der Waals surface area contributed by atoms with Crippen LogP contribution in [0.15, 0.2) is 23.1 Å². The molecule has 0 saturated carbocycles. The van der Waals surface area contributed by atoms with Crippen LogP contribution in [0.4, 0.5) is 10.1 Å². The summed E-state index contributed by atoms with van der Waals surface area (Å²) in [6.45, 7) is 1.50. The van der Waals surface area contributed by atoms with Crippen LogP contribution in [-0.2, 0) is 15.6 Å². The summed E-state index contributed by atoms with van der Waals surface area (Å²) in [5.41, 5.74) is 5.80. The van der Waals surface area contributed by atoms with Crippen molar-refractivity contribution < 1.29 is 13.4 Å². The van der Waals surface area contributed by atoms with Crippen molar-refractivity contribution in [1.82, 2.24) is 5.32 Å². The quantitative estimate of drug-likeness (QED) is 0.767. The van der Waals surface area contributed by atoms with Gasteiger partial charge in [-0.3, -0.25) is 9.00 Å². The van der Waals surface area contributed by atoms with Crippen molar-refractivity contribution in [2.45, 2.75) is 17.1 Å². The first-order chi connectivity index (χ1) is 7.47. The van der Waals surface area contributed by atoms with Crippen LogP contribution in [0, 0.1) is 5.82 Å². The number of anilines is 1. The van der Waals surface area contributed by atoms with E-state index in [0.29, 0.717) is 0 Å². The highest BCUT2D eigenvalue weighted by atomic mass is 32.2. The van der Waals surface area contributed by atoms with Gasteiger partial charge in [-0.2, -0.15) is 0 Å². The van der Waals surface area contributed by atoms with E-state index >= 15 is 0 Å². The second-order valence-electron chi connectivity index (χ2n) is 3.24. The molecule has 1 aromatic rings. The van der Waals surface area contributed by atoms with E-state index in [4.69, 9.17) is 5.73 Å². The van der Waals surface area contributed by atoms with Gasteiger partial charge in [0, 0.05) is 12.7 Å². The van der Waals surface area contributed by atoms with Gasteiger partial charge in [0.15, 0.2) is 0 Å². The van der Waals surface area contributed by atoms with Gasteiger partial charge in [-0.1, -0.05) is 0 Å². The SMILES string of the molecule is CNC(=O)C(C)S(=O)c1cc(F)ccc1N. The topological polar surface area (TPSA) is 72.2 Å². The van der Waals surface area contributed by atoms with Crippen molar-refractivity contribution in [2.75, 3.05) is 12.8 Å². The first-order valence-corrected chi connectivity index (χ1v) is 5.86. The predicted molar refractivity (Wildman–Crippen MR) is 60.7 cm³/mol. The van der Waals surface area contributed by atoms with Gasteiger partial charge >= 0.3 is 0 Å². The summed E-state index contributed by atoms with van der Waals surface area (Å²) in [6.07, 6.45) is 0. The standard InChI is InChI=1S/C10H13FN2O2S/c1-6(10(14)13-2)16(15)9-5-7(11)3-4-8(9)12/h3-6H,12H2,1-2H3,(H,13,14). The number of nitrogens with two attached hydrogens (primary N) is 1. The summed E-state index contributed by atoms with van der Waals surface area (Å²) >= 11 is 0. The number of amides is 1.